The minimum Gasteiger partial charge on any atom is -0.322 e. The molecule has 5 aromatic rings. The highest BCUT2D eigenvalue weighted by Gasteiger charge is 2.65. The molecule has 0 atom stereocenters. The molecule has 38 heavy (non-hydrogen) atoms. The summed E-state index contributed by atoms with van der Waals surface area (Å²) in [5.41, 5.74) is 2.14. The van der Waals surface area contributed by atoms with Crippen LogP contribution in [0.1, 0.15) is 21.5 Å². The molecule has 194 valence electrons. The van der Waals surface area contributed by atoms with Crippen molar-refractivity contribution in [1.29, 1.82) is 5.26 Å². The predicted octanol–water partition coefficient (Wildman–Crippen LogP) is 7.28. The minimum atomic E-state index is -10.1. The number of carbonyl (C=O) groups excluding carboxylic acids is 1. The molecule has 3 heterocycles. The van der Waals surface area contributed by atoms with E-state index in [9.17, 15) is 24.2 Å². The number of anilines is 1. The Labute approximate surface area is 212 Å². The second-order valence-corrected chi connectivity index (χ2v) is 10.9. The van der Waals surface area contributed by atoms with E-state index >= 15 is 0 Å². The molecule has 13 heteroatoms. The maximum absolute atomic E-state index is 13.4. The van der Waals surface area contributed by atoms with Crippen LogP contribution in [-0.4, -0.2) is 25.1 Å². The molecule has 0 aliphatic rings. The first-order valence-electron chi connectivity index (χ1n) is 10.9. The van der Waals surface area contributed by atoms with Gasteiger partial charge in [-0.1, -0.05) is 25.5 Å². The molecule has 0 radical (unpaired) electrons. The van der Waals surface area contributed by atoms with Crippen molar-refractivity contribution in [2.45, 2.75) is 11.8 Å². The Morgan fingerprint density at radius 2 is 1.82 bits per heavy atom. The van der Waals surface area contributed by atoms with Crippen molar-refractivity contribution >= 4 is 27.5 Å². The molecule has 0 saturated carbocycles. The van der Waals surface area contributed by atoms with Crippen LogP contribution in [0.2, 0.25) is 0 Å². The highest BCUT2D eigenvalue weighted by Crippen LogP contribution is 3.02. The third-order valence-corrected chi connectivity index (χ3v) is 6.89. The first kappa shape index (κ1) is 25.0. The van der Waals surface area contributed by atoms with Crippen molar-refractivity contribution in [3.05, 3.63) is 96.1 Å². The Kier molecular flexibility index (Phi) is 5.19. The fourth-order valence-electron chi connectivity index (χ4n) is 3.86. The number of nitrogens with one attached hydrogen (secondary N) is 1. The molecule has 2 aromatic carbocycles. The van der Waals surface area contributed by atoms with Gasteiger partial charge in [-0.3, -0.25) is 9.78 Å². The van der Waals surface area contributed by atoms with Crippen LogP contribution in [0.4, 0.5) is 25.1 Å². The molecule has 0 bridgehead atoms. The second-order valence-electron chi connectivity index (χ2n) is 8.52. The molecule has 7 nitrogen and oxygen atoms in total. The zero-order valence-electron chi connectivity index (χ0n) is 19.4. The van der Waals surface area contributed by atoms with Crippen molar-refractivity contribution in [2.24, 2.45) is 0 Å². The van der Waals surface area contributed by atoms with Gasteiger partial charge in [0.1, 0.15) is 10.5 Å². The fourth-order valence-corrected chi connectivity index (χ4v) is 4.56. The molecular formula is C25H17F5N6OS. The van der Waals surface area contributed by atoms with Crippen LogP contribution < -0.4 is 5.32 Å². The molecule has 1 N–H and O–H groups in total. The number of nitriles is 1. The lowest BCUT2D eigenvalue weighted by molar-refractivity contribution is 0.102. The van der Waals surface area contributed by atoms with Crippen LogP contribution in [-0.2, 0) is 0 Å². The Balaban J connectivity index is 1.50. The molecule has 0 spiro atoms. The molecule has 3 aromatic heterocycles. The number of imidazole rings is 1. The standard InChI is InChI=1S/C25H17F5N6OS/c1-16-4-5-20(35-7-8-36-24(35)13-23(34-36)18-3-2-6-32-15-18)12-22(16)33-25(37)19-9-17(14-31)10-21(11-19)38(26,27,28,29)30/h2-13,15H,1H3,(H,33,37). The summed E-state index contributed by atoms with van der Waals surface area (Å²) in [4.78, 5) is 14.6. The van der Waals surface area contributed by atoms with Gasteiger partial charge in [0.15, 0.2) is 0 Å². The Morgan fingerprint density at radius 1 is 1.03 bits per heavy atom. The van der Waals surface area contributed by atoms with Crippen LogP contribution in [0.5, 0.6) is 0 Å². The summed E-state index contributed by atoms with van der Waals surface area (Å²) in [6.45, 7) is 1.66. The van der Waals surface area contributed by atoms with E-state index in [0.717, 1.165) is 11.6 Å². The maximum atomic E-state index is 13.4. The number of pyridine rings is 1. The lowest BCUT2D eigenvalue weighted by Gasteiger charge is -2.40. The van der Waals surface area contributed by atoms with E-state index in [1.807, 2.05) is 12.1 Å². The van der Waals surface area contributed by atoms with E-state index < -0.39 is 32.2 Å². The Morgan fingerprint density at radius 3 is 2.50 bits per heavy atom. The molecule has 0 saturated heterocycles. The summed E-state index contributed by atoms with van der Waals surface area (Å²) in [5, 5.41) is 16.0. The van der Waals surface area contributed by atoms with Crippen molar-refractivity contribution in [2.75, 3.05) is 5.32 Å². The SMILES string of the molecule is Cc1ccc(-n2ccn3nc(-c4cccnc4)cc23)cc1NC(=O)c1cc(C#N)cc(S(F)(F)(F)(F)F)c1. The normalized spacial score (nSPS) is 13.5. The minimum absolute atomic E-state index is 0.0346. The quantitative estimate of drug-likeness (QED) is 0.236. The smallest absolute Gasteiger partial charge is 0.310 e. The third-order valence-electron chi connectivity index (χ3n) is 5.77. The lowest BCUT2D eigenvalue weighted by Crippen LogP contribution is -2.15. The van der Waals surface area contributed by atoms with Gasteiger partial charge in [-0.05, 0) is 55.0 Å². The molecule has 0 aliphatic carbocycles. The number of amides is 1. The number of aryl methyl sites for hydroxylation is 1. The van der Waals surface area contributed by atoms with E-state index in [4.69, 9.17) is 5.26 Å². The topological polar surface area (TPSA) is 88.0 Å². The zero-order chi connectivity index (χ0) is 27.4. The van der Waals surface area contributed by atoms with Crippen LogP contribution in [0.25, 0.3) is 22.6 Å². The van der Waals surface area contributed by atoms with E-state index in [0.29, 0.717) is 22.6 Å². The highest BCUT2D eigenvalue weighted by atomic mass is 32.5. The van der Waals surface area contributed by atoms with Crippen molar-refractivity contribution in [1.82, 2.24) is 19.2 Å². The van der Waals surface area contributed by atoms with Gasteiger partial charge in [-0.25, -0.2) is 4.52 Å². The number of hydrogen-bond donors (Lipinski definition) is 1. The van der Waals surface area contributed by atoms with Gasteiger partial charge >= 0.3 is 10.2 Å². The number of nitrogens with zero attached hydrogens (tertiary/aromatic N) is 5. The number of fused-ring (bicyclic) bond motifs is 1. The fraction of sp³-hybridized carbons (Fsp3) is 0.0400. The van der Waals surface area contributed by atoms with Gasteiger partial charge in [0.25, 0.3) is 5.91 Å². The number of aromatic nitrogens is 4. The van der Waals surface area contributed by atoms with E-state index in [1.54, 1.807) is 65.1 Å². The summed E-state index contributed by atoms with van der Waals surface area (Å²) in [6.07, 6.45) is 6.79. The van der Waals surface area contributed by atoms with Crippen LogP contribution >= 0.6 is 10.2 Å². The Bertz CT molecular complexity index is 1770. The van der Waals surface area contributed by atoms with Gasteiger partial charge in [0.05, 0.1) is 17.3 Å². The summed E-state index contributed by atoms with van der Waals surface area (Å²) in [5.74, 6) is -1.08. The summed E-state index contributed by atoms with van der Waals surface area (Å²) in [6, 6.07) is 12.8. The number of hydrogen-bond acceptors (Lipinski definition) is 4. The van der Waals surface area contributed by atoms with Gasteiger partial charge in [-0.2, -0.15) is 10.4 Å². The van der Waals surface area contributed by atoms with Crippen LogP contribution in [0.15, 0.2) is 84.3 Å². The van der Waals surface area contributed by atoms with Crippen LogP contribution in [0, 0.1) is 18.3 Å². The lowest BCUT2D eigenvalue weighted by atomic mass is 10.1. The number of halogens is 5. The van der Waals surface area contributed by atoms with Crippen molar-refractivity contribution in [3.63, 3.8) is 0 Å². The van der Waals surface area contributed by atoms with Gasteiger partial charge in [-0.15, -0.1) is 0 Å². The Hall–Kier alpha value is -4.70. The third kappa shape index (κ3) is 4.81. The molecule has 0 aliphatic heterocycles. The summed E-state index contributed by atoms with van der Waals surface area (Å²) in [7, 11) is -10.1. The first-order valence-corrected chi connectivity index (χ1v) is 12.9. The first-order chi connectivity index (χ1) is 17.7. The molecule has 5 rings (SSSR count). The predicted molar refractivity (Wildman–Crippen MR) is 133 cm³/mol. The zero-order valence-corrected chi connectivity index (χ0v) is 20.3. The van der Waals surface area contributed by atoms with E-state index in [-0.39, 0.29) is 17.8 Å². The van der Waals surface area contributed by atoms with E-state index in [1.165, 1.54) is 6.07 Å². The van der Waals surface area contributed by atoms with E-state index in [2.05, 4.69) is 15.4 Å². The van der Waals surface area contributed by atoms with Crippen molar-refractivity contribution in [3.8, 4) is 23.0 Å². The van der Waals surface area contributed by atoms with Crippen molar-refractivity contribution < 1.29 is 24.2 Å². The molecule has 1 amide bonds. The average Bonchev–Trinajstić information content (AvgIpc) is 3.45. The molecule has 0 fully saturated rings. The molecular weight excluding hydrogens is 527 g/mol. The number of benzene rings is 2. The highest BCUT2D eigenvalue weighted by molar-refractivity contribution is 8.45. The summed E-state index contributed by atoms with van der Waals surface area (Å²) >= 11 is 0. The number of carbonyl (C=O) groups is 1. The molecule has 0 unspecified atom stereocenters. The average molecular weight is 545 g/mol. The largest absolute Gasteiger partial charge is 0.322 e. The van der Waals surface area contributed by atoms with Gasteiger partial charge in [0.2, 0.25) is 0 Å². The second kappa shape index (κ2) is 7.90. The maximum Gasteiger partial charge on any atom is 0.310 e. The van der Waals surface area contributed by atoms with Gasteiger partial charge < -0.3 is 9.88 Å². The number of rotatable bonds is 5. The monoisotopic (exact) mass is 544 g/mol. The summed E-state index contributed by atoms with van der Waals surface area (Å²) < 4.78 is 70.4. The van der Waals surface area contributed by atoms with Crippen LogP contribution in [0.3, 0.4) is 0 Å². The van der Waals surface area contributed by atoms with Gasteiger partial charge in [0, 0.05) is 53.4 Å².